The maximum absolute atomic E-state index is 12.4. The average molecular weight is 285 g/mol. The third kappa shape index (κ3) is 3.23. The van der Waals surface area contributed by atoms with E-state index < -0.39 is 10.0 Å². The Morgan fingerprint density at radius 2 is 2.26 bits per heavy atom. The Morgan fingerprint density at radius 3 is 2.95 bits per heavy atom. The molecule has 0 saturated carbocycles. The summed E-state index contributed by atoms with van der Waals surface area (Å²) in [5.74, 6) is 0. The Hall–Kier alpha value is -1.18. The largest absolute Gasteiger partial charge is 0.396 e. The van der Waals surface area contributed by atoms with E-state index in [1.807, 2.05) is 6.92 Å². The van der Waals surface area contributed by atoms with Gasteiger partial charge in [0.15, 0.2) is 0 Å². The number of hydrogen-bond acceptors (Lipinski definition) is 4. The topological polar surface area (TPSA) is 75.4 Å². The highest BCUT2D eigenvalue weighted by Crippen LogP contribution is 2.19. The predicted octanol–water partition coefficient (Wildman–Crippen LogP) is 0.606. The first-order chi connectivity index (χ1) is 9.04. The van der Waals surface area contributed by atoms with E-state index in [0.717, 1.165) is 12.0 Å². The van der Waals surface area contributed by atoms with Crippen molar-refractivity contribution in [3.63, 3.8) is 0 Å². The Balaban J connectivity index is 2.15. The van der Waals surface area contributed by atoms with Crippen molar-refractivity contribution >= 4 is 10.0 Å². The maximum atomic E-state index is 12.4. The number of aryl methyl sites for hydroxylation is 1. The number of aliphatic hydroxyl groups excluding tert-OH is 1. The summed E-state index contributed by atoms with van der Waals surface area (Å²) in [7, 11) is -3.45. The monoisotopic (exact) mass is 285 g/mol. The highest BCUT2D eigenvalue weighted by molar-refractivity contribution is 7.89. The molecular weight excluding hydrogens is 266 g/mol. The van der Waals surface area contributed by atoms with E-state index in [1.54, 1.807) is 4.68 Å². The van der Waals surface area contributed by atoms with E-state index in [4.69, 9.17) is 5.11 Å². The SMILES string of the molecule is CC1=CCCN(S(=O)(=O)c2cnn(CCCO)c2)C1. The van der Waals surface area contributed by atoms with Gasteiger partial charge in [0.05, 0.1) is 6.20 Å². The number of rotatable bonds is 5. The van der Waals surface area contributed by atoms with Crippen molar-refractivity contribution in [1.29, 1.82) is 0 Å². The lowest BCUT2D eigenvalue weighted by molar-refractivity contribution is 0.277. The van der Waals surface area contributed by atoms with Crippen molar-refractivity contribution in [3.8, 4) is 0 Å². The molecule has 1 aliphatic heterocycles. The molecule has 6 nitrogen and oxygen atoms in total. The number of aliphatic hydroxyl groups is 1. The van der Waals surface area contributed by atoms with Gasteiger partial charge in [-0.3, -0.25) is 4.68 Å². The second-order valence-corrected chi connectivity index (χ2v) is 6.63. The lowest BCUT2D eigenvalue weighted by Gasteiger charge is -2.24. The van der Waals surface area contributed by atoms with Crippen molar-refractivity contribution < 1.29 is 13.5 Å². The van der Waals surface area contributed by atoms with Crippen LogP contribution in [0.25, 0.3) is 0 Å². The maximum Gasteiger partial charge on any atom is 0.246 e. The van der Waals surface area contributed by atoms with Crippen molar-refractivity contribution in [2.75, 3.05) is 19.7 Å². The zero-order valence-electron chi connectivity index (χ0n) is 11.0. The molecule has 1 aromatic rings. The van der Waals surface area contributed by atoms with E-state index in [-0.39, 0.29) is 11.5 Å². The van der Waals surface area contributed by atoms with Gasteiger partial charge in [-0.05, 0) is 19.8 Å². The molecule has 0 fully saturated rings. The minimum atomic E-state index is -3.45. The van der Waals surface area contributed by atoms with Crippen LogP contribution in [0.1, 0.15) is 19.8 Å². The van der Waals surface area contributed by atoms with Crippen LogP contribution in [0.5, 0.6) is 0 Å². The molecule has 1 aromatic heterocycles. The lowest BCUT2D eigenvalue weighted by atomic mass is 10.2. The van der Waals surface area contributed by atoms with Crippen LogP contribution in [0.2, 0.25) is 0 Å². The van der Waals surface area contributed by atoms with Gasteiger partial charge in [0.25, 0.3) is 0 Å². The molecule has 106 valence electrons. The van der Waals surface area contributed by atoms with Gasteiger partial charge in [0.1, 0.15) is 4.90 Å². The molecule has 0 aromatic carbocycles. The van der Waals surface area contributed by atoms with Crippen LogP contribution in [0, 0.1) is 0 Å². The minimum absolute atomic E-state index is 0.0675. The number of aromatic nitrogens is 2. The molecule has 0 amide bonds. The Kier molecular flexibility index (Phi) is 4.38. The Labute approximate surface area is 113 Å². The summed E-state index contributed by atoms with van der Waals surface area (Å²) in [6.07, 6.45) is 6.28. The van der Waals surface area contributed by atoms with Crippen molar-refractivity contribution in [2.24, 2.45) is 0 Å². The normalized spacial score (nSPS) is 17.5. The molecule has 0 radical (unpaired) electrons. The van der Waals surface area contributed by atoms with Gasteiger partial charge in [-0.1, -0.05) is 11.6 Å². The molecule has 7 heteroatoms. The van der Waals surface area contributed by atoms with Crippen LogP contribution in [-0.4, -0.2) is 47.3 Å². The van der Waals surface area contributed by atoms with Crippen LogP contribution in [0.15, 0.2) is 28.9 Å². The van der Waals surface area contributed by atoms with Crippen LogP contribution in [-0.2, 0) is 16.6 Å². The fraction of sp³-hybridized carbons (Fsp3) is 0.583. The first-order valence-corrected chi connectivity index (χ1v) is 7.77. The van der Waals surface area contributed by atoms with Gasteiger partial charge in [0.2, 0.25) is 10.0 Å². The summed E-state index contributed by atoms with van der Waals surface area (Å²) in [6.45, 7) is 3.49. The van der Waals surface area contributed by atoms with Gasteiger partial charge in [-0.25, -0.2) is 8.42 Å². The molecule has 0 bridgehead atoms. The fourth-order valence-corrected chi connectivity index (χ4v) is 3.52. The molecule has 2 heterocycles. The Morgan fingerprint density at radius 1 is 1.47 bits per heavy atom. The van der Waals surface area contributed by atoms with E-state index in [1.165, 1.54) is 16.7 Å². The molecule has 0 saturated heterocycles. The van der Waals surface area contributed by atoms with Crippen LogP contribution in [0.3, 0.4) is 0 Å². The second kappa shape index (κ2) is 5.85. The average Bonchev–Trinajstić information content (AvgIpc) is 2.86. The fourth-order valence-electron chi connectivity index (χ4n) is 2.06. The van der Waals surface area contributed by atoms with Gasteiger partial charge in [-0.2, -0.15) is 9.40 Å². The zero-order valence-corrected chi connectivity index (χ0v) is 11.8. The molecule has 0 spiro atoms. The van der Waals surface area contributed by atoms with E-state index >= 15 is 0 Å². The standard InChI is InChI=1S/C12H19N3O3S/c1-11-4-2-6-15(9-11)19(17,18)12-8-13-14(10-12)5-3-7-16/h4,8,10,16H,2-3,5-7,9H2,1H3. The van der Waals surface area contributed by atoms with Gasteiger partial charge >= 0.3 is 0 Å². The van der Waals surface area contributed by atoms with Crippen LogP contribution in [0.4, 0.5) is 0 Å². The molecular formula is C12H19N3O3S. The molecule has 1 N–H and O–H groups in total. The summed E-state index contributed by atoms with van der Waals surface area (Å²) >= 11 is 0. The van der Waals surface area contributed by atoms with Crippen molar-refractivity contribution in [3.05, 3.63) is 24.0 Å². The van der Waals surface area contributed by atoms with Gasteiger partial charge in [-0.15, -0.1) is 0 Å². The quantitative estimate of drug-likeness (QED) is 0.804. The highest BCUT2D eigenvalue weighted by Gasteiger charge is 2.27. The van der Waals surface area contributed by atoms with E-state index in [9.17, 15) is 8.42 Å². The third-order valence-electron chi connectivity index (χ3n) is 3.09. The summed E-state index contributed by atoms with van der Waals surface area (Å²) in [5.41, 5.74) is 1.07. The number of sulfonamides is 1. The Bertz CT molecular complexity index is 563. The first-order valence-electron chi connectivity index (χ1n) is 6.33. The minimum Gasteiger partial charge on any atom is -0.396 e. The van der Waals surface area contributed by atoms with Crippen LogP contribution >= 0.6 is 0 Å². The number of nitrogens with zero attached hydrogens (tertiary/aromatic N) is 3. The highest BCUT2D eigenvalue weighted by atomic mass is 32.2. The molecule has 19 heavy (non-hydrogen) atoms. The molecule has 0 atom stereocenters. The summed E-state index contributed by atoms with van der Waals surface area (Å²) < 4.78 is 27.9. The summed E-state index contributed by atoms with van der Waals surface area (Å²) in [4.78, 5) is 0.222. The first kappa shape index (κ1) is 14.2. The molecule has 1 aliphatic rings. The lowest BCUT2D eigenvalue weighted by Crippen LogP contribution is -2.35. The van der Waals surface area contributed by atoms with Crippen molar-refractivity contribution in [2.45, 2.75) is 31.2 Å². The van der Waals surface area contributed by atoms with E-state index in [0.29, 0.717) is 26.1 Å². The molecule has 0 unspecified atom stereocenters. The van der Waals surface area contributed by atoms with Gasteiger partial charge in [0, 0.05) is 32.4 Å². The second-order valence-electron chi connectivity index (χ2n) is 4.69. The smallest absolute Gasteiger partial charge is 0.246 e. The molecule has 0 aliphatic carbocycles. The third-order valence-corrected chi connectivity index (χ3v) is 4.89. The van der Waals surface area contributed by atoms with Crippen molar-refractivity contribution in [1.82, 2.24) is 14.1 Å². The van der Waals surface area contributed by atoms with Crippen LogP contribution < -0.4 is 0 Å². The van der Waals surface area contributed by atoms with E-state index in [2.05, 4.69) is 11.2 Å². The van der Waals surface area contributed by atoms with Gasteiger partial charge < -0.3 is 5.11 Å². The molecule has 2 rings (SSSR count). The summed E-state index contributed by atoms with van der Waals surface area (Å²) in [5, 5.41) is 12.8. The summed E-state index contributed by atoms with van der Waals surface area (Å²) in [6, 6.07) is 0. The predicted molar refractivity (Wildman–Crippen MR) is 71.1 cm³/mol. The zero-order chi connectivity index (χ0) is 13.9. The number of hydrogen-bond donors (Lipinski definition) is 1.